The van der Waals surface area contributed by atoms with Crippen molar-refractivity contribution in [3.8, 4) is 22.8 Å². The first kappa shape index (κ1) is 12.0. The molecule has 19 heavy (non-hydrogen) atoms. The molecule has 1 aromatic carbocycles. The van der Waals surface area contributed by atoms with Gasteiger partial charge in [0, 0.05) is 12.0 Å². The third-order valence-electron chi connectivity index (χ3n) is 3.17. The standard InChI is InChI=1S/C14H17N3O2/c15-5-4-11-9-16-17-14(11)10-2-3-12-13(8-10)19-7-1-6-18-12/h2-3,8-9H,1,4-7,15H2,(H,16,17). The summed E-state index contributed by atoms with van der Waals surface area (Å²) >= 11 is 0. The number of nitrogens with one attached hydrogen (secondary N) is 1. The molecule has 5 nitrogen and oxygen atoms in total. The smallest absolute Gasteiger partial charge is 0.161 e. The molecule has 3 rings (SSSR count). The fraction of sp³-hybridized carbons (Fsp3) is 0.357. The van der Waals surface area contributed by atoms with Gasteiger partial charge in [-0.05, 0) is 36.7 Å². The Morgan fingerprint density at radius 1 is 1.21 bits per heavy atom. The lowest BCUT2D eigenvalue weighted by Gasteiger charge is -2.09. The Labute approximate surface area is 111 Å². The molecule has 0 saturated carbocycles. The maximum Gasteiger partial charge on any atom is 0.161 e. The average Bonchev–Trinajstić information content (AvgIpc) is 2.76. The number of hydrogen-bond donors (Lipinski definition) is 2. The van der Waals surface area contributed by atoms with Gasteiger partial charge in [0.1, 0.15) is 0 Å². The summed E-state index contributed by atoms with van der Waals surface area (Å²) in [5.74, 6) is 1.60. The minimum Gasteiger partial charge on any atom is -0.490 e. The zero-order valence-corrected chi connectivity index (χ0v) is 10.7. The first-order valence-corrected chi connectivity index (χ1v) is 6.51. The number of benzene rings is 1. The molecule has 0 unspecified atom stereocenters. The first-order chi connectivity index (χ1) is 9.38. The van der Waals surface area contributed by atoms with E-state index in [0.29, 0.717) is 19.8 Å². The molecule has 0 saturated heterocycles. The van der Waals surface area contributed by atoms with Crippen molar-refractivity contribution < 1.29 is 9.47 Å². The summed E-state index contributed by atoms with van der Waals surface area (Å²) in [7, 11) is 0. The minimum atomic E-state index is 0.608. The Kier molecular flexibility index (Phi) is 3.37. The van der Waals surface area contributed by atoms with E-state index in [4.69, 9.17) is 15.2 Å². The van der Waals surface area contributed by atoms with Crippen molar-refractivity contribution in [2.45, 2.75) is 12.8 Å². The molecule has 2 heterocycles. The summed E-state index contributed by atoms with van der Waals surface area (Å²) in [6.45, 7) is 2.00. The quantitative estimate of drug-likeness (QED) is 0.880. The molecule has 0 spiro atoms. The van der Waals surface area contributed by atoms with Crippen molar-refractivity contribution in [2.75, 3.05) is 19.8 Å². The van der Waals surface area contributed by atoms with E-state index in [9.17, 15) is 0 Å². The topological polar surface area (TPSA) is 73.2 Å². The zero-order valence-electron chi connectivity index (χ0n) is 10.7. The number of rotatable bonds is 3. The van der Waals surface area contributed by atoms with Crippen LogP contribution in [0.15, 0.2) is 24.4 Å². The van der Waals surface area contributed by atoms with Crippen LogP contribution in [-0.2, 0) is 6.42 Å². The van der Waals surface area contributed by atoms with Crippen molar-refractivity contribution in [1.82, 2.24) is 10.2 Å². The molecule has 1 aromatic heterocycles. The van der Waals surface area contributed by atoms with E-state index < -0.39 is 0 Å². The van der Waals surface area contributed by atoms with Crippen molar-refractivity contribution >= 4 is 0 Å². The van der Waals surface area contributed by atoms with Crippen LogP contribution >= 0.6 is 0 Å². The fourth-order valence-electron chi connectivity index (χ4n) is 2.22. The molecule has 1 aliphatic heterocycles. The van der Waals surface area contributed by atoms with Gasteiger partial charge in [-0.2, -0.15) is 5.10 Å². The normalized spacial score (nSPS) is 14.2. The highest BCUT2D eigenvalue weighted by Gasteiger charge is 2.13. The summed E-state index contributed by atoms with van der Waals surface area (Å²) in [5, 5.41) is 7.12. The number of hydrogen-bond acceptors (Lipinski definition) is 4. The van der Waals surface area contributed by atoms with E-state index in [1.165, 1.54) is 0 Å². The summed E-state index contributed by atoms with van der Waals surface area (Å²) < 4.78 is 11.3. The van der Waals surface area contributed by atoms with Crippen LogP contribution in [0, 0.1) is 0 Å². The van der Waals surface area contributed by atoms with E-state index >= 15 is 0 Å². The summed E-state index contributed by atoms with van der Waals surface area (Å²) in [6.07, 6.45) is 3.54. The van der Waals surface area contributed by atoms with E-state index in [1.807, 2.05) is 24.4 Å². The van der Waals surface area contributed by atoms with Crippen molar-refractivity contribution in [1.29, 1.82) is 0 Å². The predicted octanol–water partition coefficient (Wildman–Crippen LogP) is 1.74. The third kappa shape index (κ3) is 2.42. The van der Waals surface area contributed by atoms with Crippen LogP contribution in [0.1, 0.15) is 12.0 Å². The van der Waals surface area contributed by atoms with Crippen LogP contribution in [0.3, 0.4) is 0 Å². The number of ether oxygens (including phenoxy) is 2. The number of nitrogens with zero attached hydrogens (tertiary/aromatic N) is 1. The van der Waals surface area contributed by atoms with Crippen molar-refractivity contribution in [3.63, 3.8) is 0 Å². The second-order valence-corrected chi connectivity index (χ2v) is 4.52. The Bertz CT molecular complexity index is 566. The molecule has 0 atom stereocenters. The van der Waals surface area contributed by atoms with E-state index in [2.05, 4.69) is 10.2 Å². The average molecular weight is 259 g/mol. The Morgan fingerprint density at radius 3 is 2.89 bits per heavy atom. The van der Waals surface area contributed by atoms with Crippen LogP contribution in [-0.4, -0.2) is 30.0 Å². The second-order valence-electron chi connectivity index (χ2n) is 4.52. The SMILES string of the molecule is NCCc1cn[nH]c1-c1ccc2c(c1)OCCCO2. The predicted molar refractivity (Wildman–Crippen MR) is 72.4 cm³/mol. The molecule has 2 aromatic rings. The number of aromatic amines is 1. The number of aromatic nitrogens is 2. The van der Waals surface area contributed by atoms with Crippen molar-refractivity contribution in [3.05, 3.63) is 30.0 Å². The highest BCUT2D eigenvalue weighted by atomic mass is 16.5. The number of H-pyrrole nitrogens is 1. The van der Waals surface area contributed by atoms with Crippen LogP contribution < -0.4 is 15.2 Å². The first-order valence-electron chi connectivity index (χ1n) is 6.51. The molecule has 0 amide bonds. The lowest BCUT2D eigenvalue weighted by molar-refractivity contribution is 0.297. The summed E-state index contributed by atoms with van der Waals surface area (Å²) in [4.78, 5) is 0. The lowest BCUT2D eigenvalue weighted by Crippen LogP contribution is -2.03. The fourth-order valence-corrected chi connectivity index (χ4v) is 2.22. The number of nitrogens with two attached hydrogens (primary N) is 1. The van der Waals surface area contributed by atoms with E-state index in [0.717, 1.165) is 41.2 Å². The Hall–Kier alpha value is -2.01. The Morgan fingerprint density at radius 2 is 2.05 bits per heavy atom. The van der Waals surface area contributed by atoms with Crippen molar-refractivity contribution in [2.24, 2.45) is 5.73 Å². The van der Waals surface area contributed by atoms with E-state index in [1.54, 1.807) is 0 Å². The van der Waals surface area contributed by atoms with Gasteiger partial charge in [0.15, 0.2) is 11.5 Å². The Balaban J connectivity index is 1.97. The summed E-state index contributed by atoms with van der Waals surface area (Å²) in [6, 6.07) is 5.96. The molecule has 0 bridgehead atoms. The summed E-state index contributed by atoms with van der Waals surface area (Å²) in [5.41, 5.74) is 8.78. The molecule has 0 fully saturated rings. The third-order valence-corrected chi connectivity index (χ3v) is 3.17. The van der Waals surface area contributed by atoms with Crippen LogP contribution in [0.25, 0.3) is 11.3 Å². The van der Waals surface area contributed by atoms with Gasteiger partial charge in [0.05, 0.1) is 25.1 Å². The maximum atomic E-state index is 5.70. The van der Waals surface area contributed by atoms with Gasteiger partial charge in [-0.3, -0.25) is 5.10 Å². The van der Waals surface area contributed by atoms with Gasteiger partial charge in [-0.15, -0.1) is 0 Å². The maximum absolute atomic E-state index is 5.70. The van der Waals surface area contributed by atoms with Gasteiger partial charge >= 0.3 is 0 Å². The highest BCUT2D eigenvalue weighted by molar-refractivity contribution is 5.66. The molecular formula is C14H17N3O2. The molecule has 1 aliphatic rings. The zero-order chi connectivity index (χ0) is 13.1. The molecule has 5 heteroatoms. The molecular weight excluding hydrogens is 242 g/mol. The van der Waals surface area contributed by atoms with Crippen LogP contribution in [0.4, 0.5) is 0 Å². The second kappa shape index (κ2) is 5.32. The number of fused-ring (bicyclic) bond motifs is 1. The molecule has 0 radical (unpaired) electrons. The molecule has 100 valence electrons. The lowest BCUT2D eigenvalue weighted by atomic mass is 10.1. The van der Waals surface area contributed by atoms with Gasteiger partial charge < -0.3 is 15.2 Å². The largest absolute Gasteiger partial charge is 0.490 e. The monoisotopic (exact) mass is 259 g/mol. The highest BCUT2D eigenvalue weighted by Crippen LogP contribution is 2.34. The van der Waals surface area contributed by atoms with Gasteiger partial charge in [-0.1, -0.05) is 0 Å². The van der Waals surface area contributed by atoms with Crippen LogP contribution in [0.2, 0.25) is 0 Å². The molecule has 0 aliphatic carbocycles. The minimum absolute atomic E-state index is 0.608. The van der Waals surface area contributed by atoms with Gasteiger partial charge in [-0.25, -0.2) is 0 Å². The van der Waals surface area contributed by atoms with Crippen LogP contribution in [0.5, 0.6) is 11.5 Å². The van der Waals surface area contributed by atoms with Gasteiger partial charge in [0.25, 0.3) is 0 Å². The van der Waals surface area contributed by atoms with E-state index in [-0.39, 0.29) is 0 Å². The van der Waals surface area contributed by atoms with Gasteiger partial charge in [0.2, 0.25) is 0 Å². The molecule has 3 N–H and O–H groups in total.